The summed E-state index contributed by atoms with van der Waals surface area (Å²) in [5, 5.41) is 5.11. The van der Waals surface area contributed by atoms with Crippen molar-refractivity contribution in [2.75, 3.05) is 13.7 Å². The van der Waals surface area contributed by atoms with Gasteiger partial charge in [0.2, 0.25) is 5.91 Å². The summed E-state index contributed by atoms with van der Waals surface area (Å²) in [6, 6.07) is 7.89. The van der Waals surface area contributed by atoms with E-state index in [0.717, 1.165) is 6.42 Å². The average Bonchev–Trinajstić information content (AvgIpc) is 2.56. The van der Waals surface area contributed by atoms with Crippen LogP contribution in [-0.2, 0) is 14.3 Å². The van der Waals surface area contributed by atoms with Gasteiger partial charge in [-0.25, -0.2) is 4.79 Å². The van der Waals surface area contributed by atoms with Crippen molar-refractivity contribution >= 4 is 17.8 Å². The van der Waals surface area contributed by atoms with Gasteiger partial charge < -0.3 is 15.4 Å². The number of ether oxygens (including phenoxy) is 1. The van der Waals surface area contributed by atoms with Gasteiger partial charge in [0.1, 0.15) is 6.04 Å². The lowest BCUT2D eigenvalue weighted by atomic mass is 9.99. The first-order valence-electron chi connectivity index (χ1n) is 7.20. The van der Waals surface area contributed by atoms with Crippen LogP contribution in [0.3, 0.4) is 0 Å². The van der Waals surface area contributed by atoms with Crippen molar-refractivity contribution < 1.29 is 19.1 Å². The maximum absolute atomic E-state index is 11.9. The number of benzene rings is 1. The molecule has 0 radical (unpaired) electrons. The van der Waals surface area contributed by atoms with E-state index in [1.54, 1.807) is 30.3 Å². The lowest BCUT2D eigenvalue weighted by molar-refractivity contribution is -0.146. The van der Waals surface area contributed by atoms with E-state index in [1.807, 2.05) is 13.8 Å². The average molecular weight is 306 g/mol. The highest BCUT2D eigenvalue weighted by atomic mass is 16.5. The second kappa shape index (κ2) is 8.81. The molecule has 120 valence electrons. The summed E-state index contributed by atoms with van der Waals surface area (Å²) in [4.78, 5) is 35.4. The van der Waals surface area contributed by atoms with E-state index in [0.29, 0.717) is 5.56 Å². The van der Waals surface area contributed by atoms with Crippen molar-refractivity contribution in [3.05, 3.63) is 35.9 Å². The Bertz CT molecular complexity index is 516. The van der Waals surface area contributed by atoms with Gasteiger partial charge in [-0.15, -0.1) is 0 Å². The largest absolute Gasteiger partial charge is 0.467 e. The zero-order chi connectivity index (χ0) is 16.5. The number of amides is 2. The molecule has 1 aromatic carbocycles. The summed E-state index contributed by atoms with van der Waals surface area (Å²) in [6.07, 6.45) is 0.719. The summed E-state index contributed by atoms with van der Waals surface area (Å²) in [6.45, 7) is 3.58. The highest BCUT2D eigenvalue weighted by Crippen LogP contribution is 2.09. The molecule has 0 heterocycles. The van der Waals surface area contributed by atoms with E-state index in [4.69, 9.17) is 4.74 Å². The van der Waals surface area contributed by atoms with E-state index >= 15 is 0 Å². The molecule has 1 aromatic rings. The molecule has 0 saturated heterocycles. The molecule has 0 unspecified atom stereocenters. The third-order valence-corrected chi connectivity index (χ3v) is 3.43. The number of carbonyl (C=O) groups excluding carboxylic acids is 3. The molecule has 0 saturated carbocycles. The van der Waals surface area contributed by atoms with Gasteiger partial charge in [-0.3, -0.25) is 9.59 Å². The standard InChI is InChI=1S/C16H22N2O4/c1-4-11(2)14(16(21)22-3)18-13(19)10-17-15(20)12-8-6-5-7-9-12/h5-9,11,14H,4,10H2,1-3H3,(H,17,20)(H,18,19)/t11-,14-/m0/s1. The van der Waals surface area contributed by atoms with Crippen LogP contribution in [0.1, 0.15) is 30.6 Å². The van der Waals surface area contributed by atoms with E-state index in [1.165, 1.54) is 7.11 Å². The molecule has 22 heavy (non-hydrogen) atoms. The molecule has 6 heteroatoms. The van der Waals surface area contributed by atoms with Crippen molar-refractivity contribution in [2.45, 2.75) is 26.3 Å². The molecule has 0 bridgehead atoms. The van der Waals surface area contributed by atoms with Gasteiger partial charge in [-0.1, -0.05) is 38.5 Å². The fraction of sp³-hybridized carbons (Fsp3) is 0.438. The van der Waals surface area contributed by atoms with Gasteiger partial charge in [0.25, 0.3) is 5.91 Å². The number of methoxy groups -OCH3 is 1. The first-order valence-corrected chi connectivity index (χ1v) is 7.20. The summed E-state index contributed by atoms with van der Waals surface area (Å²) in [5.41, 5.74) is 0.474. The minimum Gasteiger partial charge on any atom is -0.467 e. The summed E-state index contributed by atoms with van der Waals surface area (Å²) in [5.74, 6) is -1.31. The second-order valence-electron chi connectivity index (χ2n) is 5.00. The molecule has 0 aromatic heterocycles. The Balaban J connectivity index is 2.54. The lowest BCUT2D eigenvalue weighted by Crippen LogP contribution is -2.49. The number of carbonyl (C=O) groups is 3. The van der Waals surface area contributed by atoms with Crippen molar-refractivity contribution in [3.63, 3.8) is 0 Å². The Morgan fingerprint density at radius 3 is 2.36 bits per heavy atom. The van der Waals surface area contributed by atoms with E-state index in [2.05, 4.69) is 10.6 Å². The van der Waals surface area contributed by atoms with Crippen LogP contribution in [0.15, 0.2) is 30.3 Å². The molecule has 2 N–H and O–H groups in total. The molecule has 1 rings (SSSR count). The van der Waals surface area contributed by atoms with Crippen LogP contribution in [0, 0.1) is 5.92 Å². The summed E-state index contributed by atoms with van der Waals surface area (Å²) < 4.78 is 4.69. The quantitative estimate of drug-likeness (QED) is 0.739. The zero-order valence-corrected chi connectivity index (χ0v) is 13.1. The van der Waals surface area contributed by atoms with Gasteiger partial charge in [-0.2, -0.15) is 0 Å². The van der Waals surface area contributed by atoms with E-state index in [9.17, 15) is 14.4 Å². The Morgan fingerprint density at radius 2 is 1.82 bits per heavy atom. The van der Waals surface area contributed by atoms with Crippen LogP contribution < -0.4 is 10.6 Å². The monoisotopic (exact) mass is 306 g/mol. The molecular weight excluding hydrogens is 284 g/mol. The highest BCUT2D eigenvalue weighted by Gasteiger charge is 2.26. The molecule has 6 nitrogen and oxygen atoms in total. The predicted molar refractivity (Wildman–Crippen MR) is 82.2 cm³/mol. The van der Waals surface area contributed by atoms with Crippen LogP contribution in [0.2, 0.25) is 0 Å². The van der Waals surface area contributed by atoms with Crippen LogP contribution in [0.4, 0.5) is 0 Å². The van der Waals surface area contributed by atoms with E-state index < -0.39 is 17.9 Å². The Hall–Kier alpha value is -2.37. The Labute approximate surface area is 130 Å². The zero-order valence-electron chi connectivity index (χ0n) is 13.1. The molecule has 0 aliphatic carbocycles. The van der Waals surface area contributed by atoms with Crippen LogP contribution in [0.25, 0.3) is 0 Å². The van der Waals surface area contributed by atoms with E-state index in [-0.39, 0.29) is 18.4 Å². The lowest BCUT2D eigenvalue weighted by Gasteiger charge is -2.21. The number of nitrogens with one attached hydrogen (secondary N) is 2. The fourth-order valence-electron chi connectivity index (χ4n) is 1.87. The van der Waals surface area contributed by atoms with Crippen LogP contribution in [0.5, 0.6) is 0 Å². The first-order chi connectivity index (χ1) is 10.5. The molecule has 0 spiro atoms. The third kappa shape index (κ3) is 5.20. The smallest absolute Gasteiger partial charge is 0.328 e. The van der Waals surface area contributed by atoms with Gasteiger partial charge in [0, 0.05) is 5.56 Å². The third-order valence-electron chi connectivity index (χ3n) is 3.43. The Kier molecular flexibility index (Phi) is 7.08. The predicted octanol–water partition coefficient (Wildman–Crippen LogP) is 1.12. The minimum absolute atomic E-state index is 0.0544. The first kappa shape index (κ1) is 17.7. The van der Waals surface area contributed by atoms with Gasteiger partial charge >= 0.3 is 5.97 Å². The molecule has 2 amide bonds. The van der Waals surface area contributed by atoms with Crippen molar-refractivity contribution in [1.29, 1.82) is 0 Å². The highest BCUT2D eigenvalue weighted by molar-refractivity contribution is 5.96. The summed E-state index contributed by atoms with van der Waals surface area (Å²) in [7, 11) is 1.28. The number of rotatable bonds is 7. The normalized spacial score (nSPS) is 12.9. The summed E-state index contributed by atoms with van der Waals surface area (Å²) >= 11 is 0. The maximum Gasteiger partial charge on any atom is 0.328 e. The SMILES string of the molecule is CC[C@H](C)[C@H](NC(=O)CNC(=O)c1ccccc1)C(=O)OC. The van der Waals surface area contributed by atoms with Gasteiger partial charge in [-0.05, 0) is 18.1 Å². The van der Waals surface area contributed by atoms with Gasteiger partial charge in [0.15, 0.2) is 0 Å². The van der Waals surface area contributed by atoms with Gasteiger partial charge in [0.05, 0.1) is 13.7 Å². The molecule has 0 fully saturated rings. The molecule has 0 aliphatic heterocycles. The van der Waals surface area contributed by atoms with Crippen LogP contribution in [-0.4, -0.2) is 37.5 Å². The minimum atomic E-state index is -0.712. The topological polar surface area (TPSA) is 84.5 Å². The number of esters is 1. The van der Waals surface area contributed by atoms with Crippen molar-refractivity contribution in [1.82, 2.24) is 10.6 Å². The number of hydrogen-bond acceptors (Lipinski definition) is 4. The molecule has 0 aliphatic rings. The van der Waals surface area contributed by atoms with Crippen LogP contribution >= 0.6 is 0 Å². The van der Waals surface area contributed by atoms with Crippen molar-refractivity contribution in [3.8, 4) is 0 Å². The molecular formula is C16H22N2O4. The maximum atomic E-state index is 11.9. The Morgan fingerprint density at radius 1 is 1.18 bits per heavy atom. The fourth-order valence-corrected chi connectivity index (χ4v) is 1.87. The number of hydrogen-bond donors (Lipinski definition) is 2. The second-order valence-corrected chi connectivity index (χ2v) is 5.00. The van der Waals surface area contributed by atoms with Crippen molar-refractivity contribution in [2.24, 2.45) is 5.92 Å². The molecule has 2 atom stereocenters.